The maximum Gasteiger partial charge on any atom is 0.573 e. The van der Waals surface area contributed by atoms with E-state index in [9.17, 15) is 27.6 Å². The van der Waals surface area contributed by atoms with Gasteiger partial charge in [0.1, 0.15) is 5.75 Å². The fourth-order valence-electron chi connectivity index (χ4n) is 4.08. The van der Waals surface area contributed by atoms with Crippen LogP contribution in [0.5, 0.6) is 5.75 Å². The lowest BCUT2D eigenvalue weighted by molar-refractivity contribution is -0.274. The van der Waals surface area contributed by atoms with Crippen LogP contribution in [0.3, 0.4) is 0 Å². The second-order valence-corrected chi connectivity index (χ2v) is 8.25. The van der Waals surface area contributed by atoms with E-state index in [-0.39, 0.29) is 23.5 Å². The molecule has 5 aromatic rings. The summed E-state index contributed by atoms with van der Waals surface area (Å²) in [6.07, 6.45) is -7.21. The van der Waals surface area contributed by atoms with Crippen molar-refractivity contribution >= 4 is 39.9 Å². The third kappa shape index (κ3) is 5.64. The van der Waals surface area contributed by atoms with E-state index >= 15 is 0 Å². The monoisotopic (exact) mass is 538 g/mol. The highest BCUT2D eigenvalue weighted by Gasteiger charge is 2.32. The van der Waals surface area contributed by atoms with Gasteiger partial charge >= 0.3 is 18.5 Å². The number of benzene rings is 3. The Hall–Kier alpha value is -5.40. The zero-order valence-corrected chi connectivity index (χ0v) is 19.6. The Morgan fingerprint density at radius 3 is 2.54 bits per heavy atom. The Bertz CT molecular complexity index is 1800. The Labute approximate surface area is 215 Å². The van der Waals surface area contributed by atoms with Gasteiger partial charge in [-0.1, -0.05) is 30.3 Å². The van der Waals surface area contributed by atoms with E-state index in [2.05, 4.69) is 35.0 Å². The molecule has 0 spiro atoms. The molecule has 5 rings (SSSR count). The van der Waals surface area contributed by atoms with Gasteiger partial charge in [-0.25, -0.2) is 19.7 Å². The standard InChI is InChI=1S/C25H17F3N6O5/c26-25(27,28)39-20-8-5-12(10-18-14-3-1-2-4-15(14)21(35)34-33-18)9-16(20)13-6-7-17-19(11-13)31-23(30-17)32-24(37)38-22(29)36/h1-9,11H,10H2,(H2,29,36)(H,34,35)(H2,30,31,32,37). The molecule has 0 aliphatic rings. The number of primary amides is 1. The van der Waals surface area contributed by atoms with Gasteiger partial charge in [0.2, 0.25) is 5.95 Å². The number of imidazole rings is 1. The number of anilines is 1. The first-order valence-electron chi connectivity index (χ1n) is 11.2. The highest BCUT2D eigenvalue weighted by molar-refractivity contribution is 5.93. The van der Waals surface area contributed by atoms with Crippen LogP contribution in [0.2, 0.25) is 0 Å². The molecule has 2 amide bonds. The number of carbonyl (C=O) groups excluding carboxylic acids is 2. The Morgan fingerprint density at radius 2 is 1.79 bits per heavy atom. The molecular weight excluding hydrogens is 521 g/mol. The zero-order valence-electron chi connectivity index (χ0n) is 19.6. The zero-order chi connectivity index (χ0) is 27.7. The van der Waals surface area contributed by atoms with Crippen LogP contribution < -0.4 is 21.3 Å². The van der Waals surface area contributed by atoms with Crippen molar-refractivity contribution in [3.05, 3.63) is 82.3 Å². The van der Waals surface area contributed by atoms with Crippen LogP contribution in [0.25, 0.3) is 32.9 Å². The maximum atomic E-state index is 13.2. The van der Waals surface area contributed by atoms with Crippen molar-refractivity contribution in [2.75, 3.05) is 5.32 Å². The third-order valence-electron chi connectivity index (χ3n) is 5.62. The van der Waals surface area contributed by atoms with Crippen LogP contribution in [-0.2, 0) is 11.2 Å². The van der Waals surface area contributed by atoms with Crippen molar-refractivity contribution < 1.29 is 32.2 Å². The number of nitrogens with two attached hydrogens (primary N) is 1. The van der Waals surface area contributed by atoms with E-state index in [1.54, 1.807) is 24.3 Å². The summed E-state index contributed by atoms with van der Waals surface area (Å²) >= 11 is 0. The molecule has 0 bridgehead atoms. The fraction of sp³-hybridized carbons (Fsp3) is 0.0800. The molecule has 198 valence electrons. The summed E-state index contributed by atoms with van der Waals surface area (Å²) in [5, 5.41) is 9.82. The molecule has 0 saturated carbocycles. The van der Waals surface area contributed by atoms with E-state index in [4.69, 9.17) is 5.73 Å². The average molecular weight is 538 g/mol. The third-order valence-corrected chi connectivity index (χ3v) is 5.62. The molecule has 3 aromatic carbocycles. The number of hydrogen-bond acceptors (Lipinski definition) is 7. The second-order valence-electron chi connectivity index (χ2n) is 8.25. The van der Waals surface area contributed by atoms with E-state index in [0.717, 1.165) is 0 Å². The number of rotatable bonds is 5. The molecule has 0 radical (unpaired) electrons. The summed E-state index contributed by atoms with van der Waals surface area (Å²) in [5.74, 6) is -0.516. The minimum absolute atomic E-state index is 0.0788. The number of H-pyrrole nitrogens is 2. The number of amides is 2. The number of carbonyl (C=O) groups is 2. The van der Waals surface area contributed by atoms with Crippen molar-refractivity contribution in [3.8, 4) is 16.9 Å². The number of fused-ring (bicyclic) bond motifs is 2. The molecule has 0 atom stereocenters. The quantitative estimate of drug-likeness (QED) is 0.238. The fourth-order valence-corrected chi connectivity index (χ4v) is 4.08. The lowest BCUT2D eigenvalue weighted by Gasteiger charge is -2.15. The molecule has 39 heavy (non-hydrogen) atoms. The largest absolute Gasteiger partial charge is 0.573 e. The minimum Gasteiger partial charge on any atom is -0.405 e. The van der Waals surface area contributed by atoms with Gasteiger partial charge in [0.05, 0.1) is 22.1 Å². The van der Waals surface area contributed by atoms with Crippen LogP contribution in [0.15, 0.2) is 65.5 Å². The molecule has 14 heteroatoms. The van der Waals surface area contributed by atoms with Crippen molar-refractivity contribution in [2.45, 2.75) is 12.8 Å². The summed E-state index contributed by atoms with van der Waals surface area (Å²) in [5.41, 5.74) is 6.77. The molecule has 2 aromatic heterocycles. The van der Waals surface area contributed by atoms with Crippen molar-refractivity contribution in [2.24, 2.45) is 5.73 Å². The molecule has 2 heterocycles. The van der Waals surface area contributed by atoms with Crippen LogP contribution >= 0.6 is 0 Å². The normalized spacial score (nSPS) is 11.5. The van der Waals surface area contributed by atoms with Crippen LogP contribution in [-0.4, -0.2) is 38.7 Å². The van der Waals surface area contributed by atoms with E-state index in [1.807, 2.05) is 0 Å². The van der Waals surface area contributed by atoms with Crippen LogP contribution in [0, 0.1) is 0 Å². The number of aromatic amines is 2. The van der Waals surface area contributed by atoms with Gasteiger partial charge in [0.15, 0.2) is 0 Å². The number of nitrogens with zero attached hydrogens (tertiary/aromatic N) is 2. The first-order chi connectivity index (χ1) is 18.6. The van der Waals surface area contributed by atoms with Crippen molar-refractivity contribution in [1.82, 2.24) is 20.2 Å². The Balaban J connectivity index is 1.53. The maximum absolute atomic E-state index is 13.2. The Kier molecular flexibility index (Phi) is 6.35. The SMILES string of the molecule is NC(=O)OC(=O)Nc1nc2ccc(-c3cc(Cc4n[nH]c(=O)c5ccccc45)ccc3OC(F)(F)F)cc2[nH]1. The number of hydrogen-bond donors (Lipinski definition) is 4. The number of aromatic nitrogens is 4. The van der Waals surface area contributed by atoms with Gasteiger partial charge < -0.3 is 20.2 Å². The number of alkyl halides is 3. The van der Waals surface area contributed by atoms with Gasteiger partial charge in [-0.2, -0.15) is 5.10 Å². The van der Waals surface area contributed by atoms with E-state index in [0.29, 0.717) is 38.6 Å². The van der Waals surface area contributed by atoms with Crippen molar-refractivity contribution in [1.29, 1.82) is 0 Å². The van der Waals surface area contributed by atoms with E-state index < -0.39 is 24.3 Å². The highest BCUT2D eigenvalue weighted by atomic mass is 19.4. The molecule has 0 fully saturated rings. The number of halogens is 3. The van der Waals surface area contributed by atoms with E-state index in [1.165, 1.54) is 36.4 Å². The molecular formula is C25H17F3N6O5. The summed E-state index contributed by atoms with van der Waals surface area (Å²) in [7, 11) is 0. The van der Waals surface area contributed by atoms with Gasteiger partial charge in [-0.3, -0.25) is 10.1 Å². The van der Waals surface area contributed by atoms with Gasteiger partial charge in [0.25, 0.3) is 5.56 Å². The first kappa shape index (κ1) is 25.3. The molecule has 5 N–H and O–H groups in total. The van der Waals surface area contributed by atoms with Crippen molar-refractivity contribution in [3.63, 3.8) is 0 Å². The predicted octanol–water partition coefficient (Wildman–Crippen LogP) is 4.58. The lowest BCUT2D eigenvalue weighted by atomic mass is 9.98. The minimum atomic E-state index is -4.94. The second kappa shape index (κ2) is 9.81. The van der Waals surface area contributed by atoms with Gasteiger partial charge in [-0.15, -0.1) is 13.2 Å². The van der Waals surface area contributed by atoms with Gasteiger partial charge in [0, 0.05) is 17.4 Å². The molecule has 0 aliphatic heterocycles. The molecule has 0 unspecified atom stereocenters. The van der Waals surface area contributed by atoms with Crippen LogP contribution in [0.1, 0.15) is 11.3 Å². The summed E-state index contributed by atoms with van der Waals surface area (Å²) in [4.78, 5) is 41.3. The number of ether oxygens (including phenoxy) is 2. The summed E-state index contributed by atoms with van der Waals surface area (Å²) < 4.78 is 48.1. The number of nitrogens with one attached hydrogen (secondary N) is 3. The lowest BCUT2D eigenvalue weighted by Crippen LogP contribution is -2.23. The first-order valence-corrected chi connectivity index (χ1v) is 11.2. The topological polar surface area (TPSA) is 165 Å². The van der Waals surface area contributed by atoms with Crippen LogP contribution in [0.4, 0.5) is 28.7 Å². The Morgan fingerprint density at radius 1 is 1.03 bits per heavy atom. The molecule has 0 saturated heterocycles. The summed E-state index contributed by atoms with van der Waals surface area (Å²) in [6.45, 7) is 0. The highest BCUT2D eigenvalue weighted by Crippen LogP contribution is 2.36. The van der Waals surface area contributed by atoms with Gasteiger partial charge in [-0.05, 0) is 41.5 Å². The molecule has 11 nitrogen and oxygen atoms in total. The average Bonchev–Trinajstić information content (AvgIpc) is 3.26. The summed E-state index contributed by atoms with van der Waals surface area (Å²) in [6, 6.07) is 15.7. The molecule has 0 aliphatic carbocycles. The predicted molar refractivity (Wildman–Crippen MR) is 133 cm³/mol. The smallest absolute Gasteiger partial charge is 0.405 e.